The van der Waals surface area contributed by atoms with Gasteiger partial charge in [-0.05, 0) is 30.3 Å². The number of hydrogen-bond donors (Lipinski definition) is 0. The number of fused-ring (bicyclic) bond motifs is 1. The number of nitrogens with zero attached hydrogens (tertiary/aromatic N) is 5. The zero-order valence-electron chi connectivity index (χ0n) is 14.3. The second-order valence-corrected chi connectivity index (χ2v) is 6.73. The van der Waals surface area contributed by atoms with Gasteiger partial charge in [0.05, 0.1) is 33.4 Å². The van der Waals surface area contributed by atoms with Crippen molar-refractivity contribution in [1.29, 1.82) is 0 Å². The van der Waals surface area contributed by atoms with E-state index in [-0.39, 0.29) is 22.4 Å². The van der Waals surface area contributed by atoms with Crippen molar-refractivity contribution in [3.63, 3.8) is 0 Å². The Morgan fingerprint density at radius 3 is 2.43 bits per heavy atom. The average Bonchev–Trinajstić information content (AvgIpc) is 2.67. The van der Waals surface area contributed by atoms with Gasteiger partial charge in [0.2, 0.25) is 11.5 Å². The second kappa shape index (κ2) is 6.74. The van der Waals surface area contributed by atoms with E-state index < -0.39 is 11.2 Å². The Bertz CT molecular complexity index is 1300. The SMILES string of the molecule is Cn1nc(-c2ccc(Cl)c(Cl)c2)[n+]([O-])c2c(=O)n(-c3ccccc3)c(=O)nc1-2. The number of aromatic nitrogens is 5. The quantitative estimate of drug-likeness (QED) is 0.368. The fourth-order valence-electron chi connectivity index (χ4n) is 2.84. The summed E-state index contributed by atoms with van der Waals surface area (Å²) >= 11 is 12.0. The molecule has 0 amide bonds. The van der Waals surface area contributed by atoms with Crippen LogP contribution >= 0.6 is 23.2 Å². The highest BCUT2D eigenvalue weighted by atomic mass is 35.5. The highest BCUT2D eigenvalue weighted by Gasteiger charge is 2.29. The molecule has 0 N–H and O–H groups in total. The van der Waals surface area contributed by atoms with Crippen LogP contribution in [0.25, 0.3) is 28.6 Å². The summed E-state index contributed by atoms with van der Waals surface area (Å²) in [6.07, 6.45) is 0. The van der Waals surface area contributed by atoms with Gasteiger partial charge in [0, 0.05) is 0 Å². The van der Waals surface area contributed by atoms with E-state index >= 15 is 0 Å². The van der Waals surface area contributed by atoms with E-state index in [0.29, 0.717) is 21.0 Å². The molecule has 2 aliphatic rings. The average molecular weight is 416 g/mol. The summed E-state index contributed by atoms with van der Waals surface area (Å²) in [4.78, 5) is 29.3. The van der Waals surface area contributed by atoms with Gasteiger partial charge in [-0.2, -0.15) is 9.67 Å². The summed E-state index contributed by atoms with van der Waals surface area (Å²) < 4.78 is 2.40. The van der Waals surface area contributed by atoms with Gasteiger partial charge in [-0.15, -0.1) is 0 Å². The van der Waals surface area contributed by atoms with Crippen LogP contribution in [0, 0.1) is 5.21 Å². The van der Waals surface area contributed by atoms with Gasteiger partial charge in [-0.25, -0.2) is 14.1 Å². The molecule has 0 atom stereocenters. The van der Waals surface area contributed by atoms with Gasteiger partial charge in [-0.3, -0.25) is 4.79 Å². The van der Waals surface area contributed by atoms with Crippen LogP contribution in [0.3, 0.4) is 0 Å². The minimum absolute atomic E-state index is 0.0780. The third kappa shape index (κ3) is 2.83. The summed E-state index contributed by atoms with van der Waals surface area (Å²) in [5, 5.41) is 17.7. The standard InChI is InChI=1S/C18H11Cl2N5O3/c1-23-16-14(17(26)24(18(27)21-16)11-5-3-2-4-6-11)25(28)15(22-23)10-7-8-12(19)13(20)9-10/h2-9H,1H3. The van der Waals surface area contributed by atoms with E-state index in [4.69, 9.17) is 23.2 Å². The molecule has 4 rings (SSSR count). The molecule has 0 unspecified atom stereocenters. The van der Waals surface area contributed by atoms with E-state index in [0.717, 1.165) is 4.57 Å². The molecule has 140 valence electrons. The summed E-state index contributed by atoms with van der Waals surface area (Å²) in [5.74, 6) is -0.202. The van der Waals surface area contributed by atoms with Crippen LogP contribution in [0.1, 0.15) is 0 Å². The molecule has 0 fully saturated rings. The van der Waals surface area contributed by atoms with Crippen LogP contribution in [0.2, 0.25) is 10.0 Å². The summed E-state index contributed by atoms with van der Waals surface area (Å²) in [7, 11) is 1.49. The van der Waals surface area contributed by atoms with Crippen molar-refractivity contribution in [2.75, 3.05) is 0 Å². The molecule has 0 saturated heterocycles. The maximum atomic E-state index is 13.0. The van der Waals surface area contributed by atoms with Gasteiger partial charge in [0.15, 0.2) is 0 Å². The molecule has 28 heavy (non-hydrogen) atoms. The lowest BCUT2D eigenvalue weighted by molar-refractivity contribution is -0.587. The van der Waals surface area contributed by atoms with Crippen molar-refractivity contribution < 1.29 is 4.73 Å². The number of hydrogen-bond acceptors (Lipinski definition) is 5. The van der Waals surface area contributed by atoms with E-state index in [1.54, 1.807) is 36.4 Å². The van der Waals surface area contributed by atoms with Crippen molar-refractivity contribution in [2.45, 2.75) is 0 Å². The number of aryl methyl sites for hydroxylation is 1. The van der Waals surface area contributed by atoms with Crippen molar-refractivity contribution in [3.8, 4) is 28.6 Å². The summed E-state index contributed by atoms with van der Waals surface area (Å²) in [6, 6.07) is 12.8. The first-order valence-electron chi connectivity index (χ1n) is 8.03. The molecule has 0 aromatic heterocycles. The molecule has 0 saturated carbocycles. The summed E-state index contributed by atoms with van der Waals surface area (Å²) in [5.41, 5.74) is -1.25. The number of rotatable bonds is 2. The molecule has 0 aliphatic carbocycles. The van der Waals surface area contributed by atoms with Crippen LogP contribution in [0.4, 0.5) is 0 Å². The molecule has 8 nitrogen and oxygen atoms in total. The van der Waals surface area contributed by atoms with Gasteiger partial charge in [0.25, 0.3) is 0 Å². The Labute approximate surface area is 167 Å². The van der Waals surface area contributed by atoms with Crippen LogP contribution in [0.5, 0.6) is 0 Å². The highest BCUT2D eigenvalue weighted by molar-refractivity contribution is 6.42. The van der Waals surface area contributed by atoms with Gasteiger partial charge in [0.1, 0.15) is 0 Å². The maximum Gasteiger partial charge on any atom is 0.359 e. The van der Waals surface area contributed by atoms with E-state index in [1.165, 1.54) is 23.9 Å². The Morgan fingerprint density at radius 1 is 1.04 bits per heavy atom. The third-order valence-electron chi connectivity index (χ3n) is 4.15. The van der Waals surface area contributed by atoms with E-state index in [9.17, 15) is 14.8 Å². The fourth-order valence-corrected chi connectivity index (χ4v) is 3.13. The van der Waals surface area contributed by atoms with Crippen LogP contribution < -0.4 is 16.0 Å². The molecule has 0 radical (unpaired) electrons. The van der Waals surface area contributed by atoms with Gasteiger partial charge in [-0.1, -0.05) is 41.4 Å². The normalized spacial score (nSPS) is 11.1. The topological polar surface area (TPSA) is 96.7 Å². The van der Waals surface area contributed by atoms with E-state index in [2.05, 4.69) is 10.1 Å². The first-order valence-corrected chi connectivity index (χ1v) is 8.78. The molecule has 0 spiro atoms. The Balaban J connectivity index is 2.08. The molecular formula is C18H11Cl2N5O3. The minimum Gasteiger partial charge on any atom is -0.710 e. The smallest absolute Gasteiger partial charge is 0.359 e. The van der Waals surface area contributed by atoms with Gasteiger partial charge < -0.3 is 5.21 Å². The van der Waals surface area contributed by atoms with Crippen molar-refractivity contribution in [2.24, 2.45) is 7.05 Å². The molecule has 2 aliphatic heterocycles. The van der Waals surface area contributed by atoms with Crippen LogP contribution in [-0.2, 0) is 7.05 Å². The molecule has 2 heterocycles. The largest absolute Gasteiger partial charge is 0.710 e. The minimum atomic E-state index is -0.802. The van der Waals surface area contributed by atoms with Gasteiger partial charge >= 0.3 is 17.1 Å². The number of benzene rings is 2. The lowest BCUT2D eigenvalue weighted by Crippen LogP contribution is -2.47. The Hall–Kier alpha value is -3.23. The third-order valence-corrected chi connectivity index (χ3v) is 4.89. The zero-order chi connectivity index (χ0) is 20.0. The van der Waals surface area contributed by atoms with E-state index in [1.807, 2.05) is 0 Å². The molecule has 0 bridgehead atoms. The monoisotopic (exact) mass is 415 g/mol. The van der Waals surface area contributed by atoms with Crippen molar-refractivity contribution >= 4 is 23.2 Å². The number of para-hydroxylation sites is 1. The molecular weight excluding hydrogens is 405 g/mol. The fraction of sp³-hybridized carbons (Fsp3) is 0.0556. The van der Waals surface area contributed by atoms with Crippen molar-refractivity contribution in [1.82, 2.24) is 19.3 Å². The Morgan fingerprint density at radius 2 is 1.75 bits per heavy atom. The Kier molecular flexibility index (Phi) is 4.37. The van der Waals surface area contributed by atoms with Crippen molar-refractivity contribution in [3.05, 3.63) is 84.6 Å². The summed E-state index contributed by atoms with van der Waals surface area (Å²) in [6.45, 7) is 0. The zero-order valence-corrected chi connectivity index (χ0v) is 15.8. The second-order valence-electron chi connectivity index (χ2n) is 5.91. The molecule has 2 aromatic rings. The molecule has 10 heteroatoms. The predicted octanol–water partition coefficient (Wildman–Crippen LogP) is 2.04. The predicted molar refractivity (Wildman–Crippen MR) is 104 cm³/mol. The van der Waals surface area contributed by atoms with Crippen LogP contribution in [-0.4, -0.2) is 19.3 Å². The maximum absolute atomic E-state index is 13.0. The molecule has 2 aromatic carbocycles. The number of halogens is 2. The first kappa shape index (κ1) is 18.1. The highest BCUT2D eigenvalue weighted by Crippen LogP contribution is 2.26. The lowest BCUT2D eigenvalue weighted by Gasteiger charge is -2.15. The van der Waals surface area contributed by atoms with Crippen LogP contribution in [0.15, 0.2) is 58.1 Å². The lowest BCUT2D eigenvalue weighted by atomic mass is 10.2. The first-order chi connectivity index (χ1) is 13.4.